The Morgan fingerprint density at radius 2 is 1.33 bits per heavy atom. The topological polar surface area (TPSA) is 83.8 Å². The predicted octanol–water partition coefficient (Wildman–Crippen LogP) is 2.07. The van der Waals surface area contributed by atoms with Crippen LogP contribution in [0.15, 0.2) is 0 Å². The largest absolute Gasteiger partial charge is 0.393 e. The van der Waals surface area contributed by atoms with Gasteiger partial charge in [0.15, 0.2) is 0 Å². The van der Waals surface area contributed by atoms with Crippen LogP contribution in [-0.4, -0.2) is 9.79 Å². The van der Waals surface area contributed by atoms with Crippen LogP contribution in [0.2, 0.25) is 0 Å². The second-order valence-corrected chi connectivity index (χ2v) is 10.8. The van der Waals surface area contributed by atoms with E-state index in [1.807, 2.05) is 0 Å². The minimum absolute atomic E-state index is 1.05. The van der Waals surface area contributed by atoms with Crippen molar-refractivity contribution in [2.45, 2.75) is 0 Å². The maximum atomic E-state index is 10.2. The van der Waals surface area contributed by atoms with Gasteiger partial charge < -0.3 is 9.79 Å². The smallest absolute Gasteiger partial charge is 0.317 e. The van der Waals surface area contributed by atoms with Crippen LogP contribution >= 0.6 is 54.6 Å². The van der Waals surface area contributed by atoms with Gasteiger partial charge in [0.2, 0.25) is 0 Å². The lowest BCUT2D eigenvalue weighted by Crippen LogP contribution is -1.73. The Labute approximate surface area is 77.2 Å². The fraction of sp³-hybridized carbons (Fsp3) is 0. The summed E-state index contributed by atoms with van der Waals surface area (Å²) < 4.78 is 24.2. The average molecular weight is 398 g/mol. The van der Waals surface area contributed by atoms with Gasteiger partial charge in [-0.15, -0.1) is 0 Å². The summed E-state index contributed by atoms with van der Waals surface area (Å²) in [6.45, 7) is 0. The highest BCUT2D eigenvalue weighted by molar-refractivity contribution is 14.2. The summed E-state index contributed by atoms with van der Waals surface area (Å²) in [5.74, 6) is 0. The van der Waals surface area contributed by atoms with Crippen molar-refractivity contribution in [3.8, 4) is 0 Å². The fourth-order valence-corrected chi connectivity index (χ4v) is 8.45. The normalized spacial score (nSPS) is 24.4. The quantitative estimate of drug-likeness (QED) is 0.550. The first-order valence-corrected chi connectivity index (χ1v) is 10.2. The Hall–Kier alpha value is 1.80. The van der Waals surface area contributed by atoms with Crippen molar-refractivity contribution in [2.24, 2.45) is 0 Å². The molecule has 0 heterocycles. The van der Waals surface area contributed by atoms with Crippen molar-refractivity contribution in [1.82, 2.24) is 0 Å². The number of hydrogen-bond donors (Lipinski definition) is 2. The van der Waals surface area contributed by atoms with E-state index in [1.165, 1.54) is 0 Å². The van der Waals surface area contributed by atoms with Crippen LogP contribution in [0.4, 0.5) is 0 Å². The Morgan fingerprint density at radius 1 is 1.11 bits per heavy atom. The second-order valence-electron chi connectivity index (χ2n) is 0.985. The summed E-state index contributed by atoms with van der Waals surface area (Å²) in [6.07, 6.45) is 0. The molecule has 0 aromatic rings. The SMILES string of the molecule is O=P(O)(I)OP(=O)(O)I. The van der Waals surface area contributed by atoms with Crippen LogP contribution in [0.5, 0.6) is 0 Å². The molecule has 0 amide bonds. The molecule has 2 N–H and O–H groups in total. The molecule has 0 saturated carbocycles. The number of hydrogen-bond acceptors (Lipinski definition) is 3. The van der Waals surface area contributed by atoms with Gasteiger partial charge in [0.25, 0.3) is 0 Å². The van der Waals surface area contributed by atoms with Gasteiger partial charge in [0, 0.05) is 0 Å². The van der Waals surface area contributed by atoms with E-state index in [9.17, 15) is 9.13 Å². The zero-order chi connectivity index (χ0) is 7.71. The van der Waals surface area contributed by atoms with E-state index in [4.69, 9.17) is 9.79 Å². The minimum Gasteiger partial charge on any atom is -0.317 e. The monoisotopic (exact) mass is 398 g/mol. The van der Waals surface area contributed by atoms with E-state index < -0.39 is 10.5 Å². The average Bonchev–Trinajstić information content (AvgIpc) is 1.14. The van der Waals surface area contributed by atoms with Gasteiger partial charge in [0.05, 0.1) is 44.1 Å². The minimum atomic E-state index is -3.84. The maximum absolute atomic E-state index is 10.2. The molecule has 2 atom stereocenters. The molecule has 5 nitrogen and oxygen atoms in total. The highest BCUT2D eigenvalue weighted by atomic mass is 127. The molecule has 0 saturated heterocycles. The molecule has 0 aromatic heterocycles. The molecule has 0 aliphatic carbocycles. The maximum Gasteiger partial charge on any atom is 0.393 e. The molecule has 0 bridgehead atoms. The van der Waals surface area contributed by atoms with Crippen molar-refractivity contribution in [3.05, 3.63) is 0 Å². The lowest BCUT2D eigenvalue weighted by molar-refractivity contribution is 0.366. The summed E-state index contributed by atoms with van der Waals surface area (Å²) in [4.78, 5) is 16.7. The standard InChI is InChI=1S/H2I2O5P2/c1-8(3,4)7-9(2,5)6/h(H,3,4)(H,5,6). The van der Waals surface area contributed by atoms with Gasteiger partial charge in [0.1, 0.15) is 0 Å². The van der Waals surface area contributed by atoms with Crippen molar-refractivity contribution >= 4 is 54.6 Å². The summed E-state index contributed by atoms with van der Waals surface area (Å²) in [5.41, 5.74) is 0. The molecule has 0 aliphatic heterocycles. The highest BCUT2D eigenvalue weighted by Crippen LogP contribution is 2.67. The summed E-state index contributed by atoms with van der Waals surface area (Å²) >= 11 is 2.11. The van der Waals surface area contributed by atoms with Gasteiger partial charge >= 0.3 is 10.5 Å². The molecule has 9 heavy (non-hydrogen) atoms. The van der Waals surface area contributed by atoms with Crippen LogP contribution in [0.3, 0.4) is 0 Å². The molecule has 0 fully saturated rings. The van der Waals surface area contributed by atoms with E-state index >= 15 is 0 Å². The van der Waals surface area contributed by atoms with Crippen LogP contribution < -0.4 is 0 Å². The first kappa shape index (κ1) is 10.8. The Morgan fingerprint density at radius 3 is 1.33 bits per heavy atom. The second kappa shape index (κ2) is 3.46. The fourth-order valence-electron chi connectivity index (χ4n) is 0.124. The molecule has 56 valence electrons. The molecular weight excluding hydrogens is 396 g/mol. The summed E-state index contributed by atoms with van der Waals surface area (Å²) in [7, 11) is 0. The number of halogens is 2. The van der Waals surface area contributed by atoms with Gasteiger partial charge in [-0.2, -0.15) is 0 Å². The first-order valence-electron chi connectivity index (χ1n) is 1.47. The zero-order valence-electron chi connectivity index (χ0n) is 3.77. The first-order chi connectivity index (χ1) is 3.71. The Kier molecular flexibility index (Phi) is 4.16. The number of rotatable bonds is 2. The van der Waals surface area contributed by atoms with Crippen LogP contribution in [0.25, 0.3) is 0 Å². The van der Waals surface area contributed by atoms with E-state index in [0.29, 0.717) is 0 Å². The van der Waals surface area contributed by atoms with E-state index in [0.717, 1.165) is 44.1 Å². The molecule has 0 rings (SSSR count). The summed E-state index contributed by atoms with van der Waals surface area (Å²) in [6, 6.07) is 0. The van der Waals surface area contributed by atoms with E-state index in [2.05, 4.69) is 4.31 Å². The van der Waals surface area contributed by atoms with Crippen molar-refractivity contribution < 1.29 is 23.2 Å². The molecule has 0 radical (unpaired) electrons. The van der Waals surface area contributed by atoms with Gasteiger partial charge in [-0.3, -0.25) is 0 Å². The summed E-state index contributed by atoms with van der Waals surface area (Å²) in [5, 5.41) is -7.68. The van der Waals surface area contributed by atoms with Crippen LogP contribution in [-0.2, 0) is 13.4 Å². The van der Waals surface area contributed by atoms with E-state index in [1.54, 1.807) is 0 Å². The lowest BCUT2D eigenvalue weighted by atomic mass is 15.8. The molecular formula is H2I2O5P2. The van der Waals surface area contributed by atoms with Gasteiger partial charge in [-0.1, -0.05) is 0 Å². The van der Waals surface area contributed by atoms with Gasteiger partial charge in [-0.25, -0.2) is 13.4 Å². The third-order valence-electron chi connectivity index (χ3n) is 0.201. The van der Waals surface area contributed by atoms with E-state index in [-0.39, 0.29) is 0 Å². The molecule has 9 heteroatoms. The zero-order valence-corrected chi connectivity index (χ0v) is 9.87. The third kappa shape index (κ3) is 9.80. The van der Waals surface area contributed by atoms with Crippen LogP contribution in [0.1, 0.15) is 0 Å². The Bertz CT molecular complexity index is 153. The molecule has 2 unspecified atom stereocenters. The predicted molar refractivity (Wildman–Crippen MR) is 48.8 cm³/mol. The van der Waals surface area contributed by atoms with Crippen molar-refractivity contribution in [1.29, 1.82) is 0 Å². The van der Waals surface area contributed by atoms with Crippen LogP contribution in [0, 0.1) is 0 Å². The highest BCUT2D eigenvalue weighted by Gasteiger charge is 2.25. The van der Waals surface area contributed by atoms with Crippen molar-refractivity contribution in [3.63, 3.8) is 0 Å². The molecule has 0 aromatic carbocycles. The molecule has 0 aliphatic rings. The van der Waals surface area contributed by atoms with Gasteiger partial charge in [-0.05, 0) is 0 Å². The lowest BCUT2D eigenvalue weighted by Gasteiger charge is -2.04. The molecule has 0 spiro atoms. The third-order valence-corrected chi connectivity index (χ3v) is 4.98. The Balaban J connectivity index is 4.07. The van der Waals surface area contributed by atoms with Crippen molar-refractivity contribution in [2.75, 3.05) is 0 Å².